The third-order valence-corrected chi connectivity index (χ3v) is 4.05. The SMILES string of the molecule is CNC1CCCN(CC(=O)Nc2cc(Cl)ccc2Cl)C1. The smallest absolute Gasteiger partial charge is 0.238 e. The summed E-state index contributed by atoms with van der Waals surface area (Å²) in [4.78, 5) is 14.2. The zero-order valence-corrected chi connectivity index (χ0v) is 13.0. The lowest BCUT2D eigenvalue weighted by molar-refractivity contribution is -0.117. The molecule has 2 N–H and O–H groups in total. The summed E-state index contributed by atoms with van der Waals surface area (Å²) >= 11 is 11.9. The van der Waals surface area contributed by atoms with Crippen LogP contribution in [0.1, 0.15) is 12.8 Å². The molecule has 1 unspecified atom stereocenters. The molecule has 20 heavy (non-hydrogen) atoms. The van der Waals surface area contributed by atoms with Crippen LogP contribution in [0.3, 0.4) is 0 Å². The van der Waals surface area contributed by atoms with E-state index in [1.165, 1.54) is 0 Å². The Kier molecular flexibility index (Phi) is 5.66. The maximum atomic E-state index is 12.1. The first-order valence-electron chi connectivity index (χ1n) is 6.73. The van der Waals surface area contributed by atoms with Gasteiger partial charge in [0.05, 0.1) is 17.3 Å². The highest BCUT2D eigenvalue weighted by atomic mass is 35.5. The minimum atomic E-state index is -0.0640. The molecule has 0 spiro atoms. The number of nitrogens with one attached hydrogen (secondary N) is 2. The first-order valence-corrected chi connectivity index (χ1v) is 7.48. The van der Waals surface area contributed by atoms with Crippen molar-refractivity contribution in [3.63, 3.8) is 0 Å². The first-order chi connectivity index (χ1) is 9.58. The topological polar surface area (TPSA) is 44.4 Å². The maximum absolute atomic E-state index is 12.1. The van der Waals surface area contributed by atoms with Crippen LogP contribution in [-0.4, -0.2) is 43.5 Å². The van der Waals surface area contributed by atoms with Crippen molar-refractivity contribution in [3.8, 4) is 0 Å². The van der Waals surface area contributed by atoms with Crippen molar-refractivity contribution < 1.29 is 4.79 Å². The Labute approximate surface area is 129 Å². The van der Waals surface area contributed by atoms with Crippen molar-refractivity contribution >= 4 is 34.8 Å². The number of anilines is 1. The molecule has 0 radical (unpaired) electrons. The zero-order chi connectivity index (χ0) is 14.5. The number of amides is 1. The molecule has 0 aliphatic carbocycles. The summed E-state index contributed by atoms with van der Waals surface area (Å²) in [7, 11) is 1.96. The van der Waals surface area contributed by atoms with Crippen LogP contribution in [0, 0.1) is 0 Å². The highest BCUT2D eigenvalue weighted by Crippen LogP contribution is 2.25. The van der Waals surface area contributed by atoms with Crippen LogP contribution >= 0.6 is 23.2 Å². The van der Waals surface area contributed by atoms with E-state index in [4.69, 9.17) is 23.2 Å². The van der Waals surface area contributed by atoms with Gasteiger partial charge in [0.25, 0.3) is 0 Å². The number of nitrogens with zero attached hydrogens (tertiary/aromatic N) is 1. The molecule has 1 atom stereocenters. The number of piperidine rings is 1. The van der Waals surface area contributed by atoms with E-state index in [1.54, 1.807) is 18.2 Å². The monoisotopic (exact) mass is 315 g/mol. The molecule has 6 heteroatoms. The molecule has 110 valence electrons. The molecule has 0 bridgehead atoms. The molecular formula is C14H19Cl2N3O. The quantitative estimate of drug-likeness (QED) is 0.897. The number of benzene rings is 1. The second kappa shape index (κ2) is 7.27. The lowest BCUT2D eigenvalue weighted by atomic mass is 10.1. The Morgan fingerprint density at radius 2 is 2.25 bits per heavy atom. The summed E-state index contributed by atoms with van der Waals surface area (Å²) in [6, 6.07) is 5.50. The Morgan fingerprint density at radius 1 is 1.45 bits per heavy atom. The van der Waals surface area contributed by atoms with E-state index in [2.05, 4.69) is 15.5 Å². The standard InChI is InChI=1S/C14H19Cl2N3O/c1-17-11-3-2-6-19(8-11)9-14(20)18-13-7-10(15)4-5-12(13)16/h4-5,7,11,17H,2-3,6,8-9H2,1H3,(H,18,20). The number of likely N-dealkylation sites (tertiary alicyclic amines) is 1. The van der Waals surface area contributed by atoms with Gasteiger partial charge in [0.2, 0.25) is 5.91 Å². The molecule has 1 heterocycles. The molecule has 1 fully saturated rings. The third kappa shape index (κ3) is 4.35. The predicted octanol–water partition coefficient (Wildman–Crippen LogP) is 2.62. The van der Waals surface area contributed by atoms with Crippen LogP contribution in [0.15, 0.2) is 18.2 Å². The molecule has 1 aromatic carbocycles. The average Bonchev–Trinajstić information content (AvgIpc) is 2.43. The van der Waals surface area contributed by atoms with Gasteiger partial charge in [-0.15, -0.1) is 0 Å². The summed E-state index contributed by atoms with van der Waals surface area (Å²) in [6.07, 6.45) is 2.27. The van der Waals surface area contributed by atoms with Crippen LogP contribution in [-0.2, 0) is 4.79 Å². The number of carbonyl (C=O) groups excluding carboxylic acids is 1. The summed E-state index contributed by atoms with van der Waals surface area (Å²) in [5.74, 6) is -0.0640. The van der Waals surface area contributed by atoms with Crippen molar-refractivity contribution in [2.75, 3.05) is 32.0 Å². The van der Waals surface area contributed by atoms with Crippen LogP contribution in [0.5, 0.6) is 0 Å². The van der Waals surface area contributed by atoms with Gasteiger partial charge >= 0.3 is 0 Å². The van der Waals surface area contributed by atoms with E-state index in [9.17, 15) is 4.79 Å². The van der Waals surface area contributed by atoms with Crippen molar-refractivity contribution in [2.45, 2.75) is 18.9 Å². The Balaban J connectivity index is 1.90. The number of hydrogen-bond acceptors (Lipinski definition) is 3. The predicted molar refractivity (Wildman–Crippen MR) is 83.6 cm³/mol. The molecule has 1 amide bonds. The van der Waals surface area contributed by atoms with Crippen molar-refractivity contribution in [1.82, 2.24) is 10.2 Å². The van der Waals surface area contributed by atoms with Crippen LogP contribution < -0.4 is 10.6 Å². The summed E-state index contributed by atoms with van der Waals surface area (Å²) in [5, 5.41) is 7.12. The lowest BCUT2D eigenvalue weighted by Gasteiger charge is -2.31. The molecule has 4 nitrogen and oxygen atoms in total. The molecule has 1 aliphatic rings. The molecule has 1 aromatic rings. The van der Waals surface area contributed by atoms with Crippen LogP contribution in [0.25, 0.3) is 0 Å². The number of carbonyl (C=O) groups is 1. The van der Waals surface area contributed by atoms with Gasteiger partial charge in [0.15, 0.2) is 0 Å². The highest BCUT2D eigenvalue weighted by molar-refractivity contribution is 6.35. The average molecular weight is 316 g/mol. The van der Waals surface area contributed by atoms with E-state index in [0.717, 1.165) is 25.9 Å². The summed E-state index contributed by atoms with van der Waals surface area (Å²) in [6.45, 7) is 2.23. The number of rotatable bonds is 4. The van der Waals surface area contributed by atoms with E-state index >= 15 is 0 Å². The Bertz CT molecular complexity index is 481. The second-order valence-electron chi connectivity index (χ2n) is 5.04. The maximum Gasteiger partial charge on any atom is 0.238 e. The number of hydrogen-bond donors (Lipinski definition) is 2. The fourth-order valence-corrected chi connectivity index (χ4v) is 2.76. The molecule has 1 aliphatic heterocycles. The lowest BCUT2D eigenvalue weighted by Crippen LogP contribution is -2.46. The second-order valence-corrected chi connectivity index (χ2v) is 5.88. The van der Waals surface area contributed by atoms with Crippen LogP contribution in [0.4, 0.5) is 5.69 Å². The zero-order valence-electron chi connectivity index (χ0n) is 11.5. The van der Waals surface area contributed by atoms with Gasteiger partial charge in [-0.05, 0) is 44.6 Å². The third-order valence-electron chi connectivity index (χ3n) is 3.48. The van der Waals surface area contributed by atoms with Gasteiger partial charge in [0.1, 0.15) is 0 Å². The normalized spacial score (nSPS) is 19.9. The summed E-state index contributed by atoms with van der Waals surface area (Å²) in [5.41, 5.74) is 0.561. The van der Waals surface area contributed by atoms with Gasteiger partial charge in [-0.2, -0.15) is 0 Å². The van der Waals surface area contributed by atoms with Crippen LogP contribution in [0.2, 0.25) is 10.0 Å². The first kappa shape index (κ1) is 15.6. The Morgan fingerprint density at radius 3 is 3.00 bits per heavy atom. The molecular weight excluding hydrogens is 297 g/mol. The minimum absolute atomic E-state index is 0.0640. The molecule has 0 aromatic heterocycles. The largest absolute Gasteiger partial charge is 0.324 e. The van der Waals surface area contributed by atoms with E-state index < -0.39 is 0 Å². The number of halogens is 2. The summed E-state index contributed by atoms with van der Waals surface area (Å²) < 4.78 is 0. The molecule has 2 rings (SSSR count). The van der Waals surface area contributed by atoms with Gasteiger partial charge < -0.3 is 10.6 Å². The molecule has 0 saturated carbocycles. The van der Waals surface area contributed by atoms with Crippen molar-refractivity contribution in [3.05, 3.63) is 28.2 Å². The fraction of sp³-hybridized carbons (Fsp3) is 0.500. The fourth-order valence-electron chi connectivity index (χ4n) is 2.42. The van der Waals surface area contributed by atoms with Gasteiger partial charge in [-0.25, -0.2) is 0 Å². The Hall–Kier alpha value is -0.810. The highest BCUT2D eigenvalue weighted by Gasteiger charge is 2.20. The van der Waals surface area contributed by atoms with E-state index in [1.807, 2.05) is 7.05 Å². The van der Waals surface area contributed by atoms with Crippen molar-refractivity contribution in [1.29, 1.82) is 0 Å². The number of likely N-dealkylation sites (N-methyl/N-ethyl adjacent to an activating group) is 1. The minimum Gasteiger partial charge on any atom is -0.324 e. The van der Waals surface area contributed by atoms with Gasteiger partial charge in [-0.1, -0.05) is 23.2 Å². The van der Waals surface area contributed by atoms with Gasteiger partial charge in [-0.3, -0.25) is 9.69 Å². The van der Waals surface area contributed by atoms with E-state index in [0.29, 0.717) is 28.3 Å². The van der Waals surface area contributed by atoms with E-state index in [-0.39, 0.29) is 5.91 Å². The van der Waals surface area contributed by atoms with Crippen molar-refractivity contribution in [2.24, 2.45) is 0 Å². The molecule has 1 saturated heterocycles. The van der Waals surface area contributed by atoms with Gasteiger partial charge in [0, 0.05) is 17.6 Å².